The van der Waals surface area contributed by atoms with Crippen molar-refractivity contribution in [3.63, 3.8) is 0 Å². The van der Waals surface area contributed by atoms with Gasteiger partial charge in [-0.3, -0.25) is 4.90 Å². The maximum absolute atomic E-state index is 9.71. The molecule has 1 atom stereocenters. The van der Waals surface area contributed by atoms with Gasteiger partial charge in [-0.1, -0.05) is 29.8 Å². The van der Waals surface area contributed by atoms with Crippen molar-refractivity contribution in [1.82, 2.24) is 9.88 Å². The molecule has 3 rings (SSSR count). The van der Waals surface area contributed by atoms with Gasteiger partial charge < -0.3 is 10.0 Å². The number of aliphatic hydroxyl groups excluding tert-OH is 1. The molecule has 122 valence electrons. The number of hydrogen-bond acceptors (Lipinski definition) is 4. The van der Waals surface area contributed by atoms with Crippen LogP contribution in [0.15, 0.2) is 42.6 Å². The highest BCUT2D eigenvalue weighted by Gasteiger charge is 2.23. The molecule has 0 amide bonds. The number of pyridine rings is 1. The van der Waals surface area contributed by atoms with Crippen LogP contribution in [0, 0.1) is 0 Å². The molecule has 0 fully saturated rings. The Morgan fingerprint density at radius 3 is 2.96 bits per heavy atom. The van der Waals surface area contributed by atoms with E-state index in [9.17, 15) is 5.11 Å². The Kier molecular flexibility index (Phi) is 5.16. The van der Waals surface area contributed by atoms with Crippen LogP contribution in [-0.2, 0) is 13.1 Å². The summed E-state index contributed by atoms with van der Waals surface area (Å²) in [6.45, 7) is 2.75. The molecule has 5 heteroatoms. The molecule has 1 aliphatic heterocycles. The Balaban J connectivity index is 1.85. The molecule has 1 aliphatic rings. The van der Waals surface area contributed by atoms with Crippen LogP contribution in [0.5, 0.6) is 0 Å². The SMILES string of the molecule is CN1c2ncccc2CN(Cc2cccc(Cl)c2)CC[C@H]1CO. The second kappa shape index (κ2) is 7.30. The maximum Gasteiger partial charge on any atom is 0.133 e. The summed E-state index contributed by atoms with van der Waals surface area (Å²) in [5.74, 6) is 0.961. The normalized spacial score (nSPS) is 19.1. The van der Waals surface area contributed by atoms with Gasteiger partial charge in [0.15, 0.2) is 0 Å². The number of rotatable bonds is 3. The first-order valence-electron chi connectivity index (χ1n) is 7.92. The Morgan fingerprint density at radius 2 is 2.17 bits per heavy atom. The predicted molar refractivity (Wildman–Crippen MR) is 93.7 cm³/mol. The first-order chi connectivity index (χ1) is 11.2. The standard InChI is InChI=1S/C18H22ClN3O/c1-21-17(13-23)7-9-22(11-14-4-2-6-16(19)10-14)12-15-5-3-8-20-18(15)21/h2-6,8,10,17,23H,7,9,11-13H2,1H3/t17-/m0/s1. The van der Waals surface area contributed by atoms with E-state index in [2.05, 4.69) is 26.9 Å². The third kappa shape index (κ3) is 3.83. The van der Waals surface area contributed by atoms with Gasteiger partial charge in [0.25, 0.3) is 0 Å². The highest BCUT2D eigenvalue weighted by atomic mass is 35.5. The van der Waals surface area contributed by atoms with Crippen LogP contribution in [0.2, 0.25) is 5.02 Å². The van der Waals surface area contributed by atoms with E-state index < -0.39 is 0 Å². The third-order valence-electron chi connectivity index (χ3n) is 4.43. The molecule has 0 aliphatic carbocycles. The Labute approximate surface area is 142 Å². The molecule has 23 heavy (non-hydrogen) atoms. The quantitative estimate of drug-likeness (QED) is 0.938. The van der Waals surface area contributed by atoms with Crippen molar-refractivity contribution >= 4 is 17.4 Å². The van der Waals surface area contributed by atoms with Crippen molar-refractivity contribution in [1.29, 1.82) is 0 Å². The fourth-order valence-electron chi connectivity index (χ4n) is 3.13. The molecule has 0 radical (unpaired) electrons. The summed E-state index contributed by atoms with van der Waals surface area (Å²) in [6.07, 6.45) is 2.72. The molecule has 2 heterocycles. The van der Waals surface area contributed by atoms with Gasteiger partial charge in [-0.2, -0.15) is 0 Å². The fraction of sp³-hybridized carbons (Fsp3) is 0.389. The number of fused-ring (bicyclic) bond motifs is 1. The number of likely N-dealkylation sites (N-methyl/N-ethyl adjacent to an activating group) is 1. The molecule has 0 spiro atoms. The van der Waals surface area contributed by atoms with Gasteiger partial charge in [-0.05, 0) is 30.2 Å². The topological polar surface area (TPSA) is 39.6 Å². The van der Waals surface area contributed by atoms with Crippen molar-refractivity contribution < 1.29 is 5.11 Å². The van der Waals surface area contributed by atoms with Crippen LogP contribution in [0.4, 0.5) is 5.82 Å². The summed E-state index contributed by atoms with van der Waals surface area (Å²) < 4.78 is 0. The van der Waals surface area contributed by atoms with Crippen molar-refractivity contribution in [2.45, 2.75) is 25.6 Å². The fourth-order valence-corrected chi connectivity index (χ4v) is 3.34. The second-order valence-electron chi connectivity index (χ2n) is 6.06. The minimum atomic E-state index is 0.0887. The van der Waals surface area contributed by atoms with Gasteiger partial charge in [-0.15, -0.1) is 0 Å². The Morgan fingerprint density at radius 1 is 1.30 bits per heavy atom. The van der Waals surface area contributed by atoms with E-state index in [0.717, 1.165) is 36.9 Å². The zero-order valence-corrected chi connectivity index (χ0v) is 14.1. The lowest BCUT2D eigenvalue weighted by molar-refractivity contribution is 0.205. The molecule has 2 aromatic rings. The number of benzene rings is 1. The molecule has 0 unspecified atom stereocenters. The van der Waals surface area contributed by atoms with Gasteiger partial charge in [0.1, 0.15) is 5.82 Å². The molecular formula is C18H22ClN3O. The minimum Gasteiger partial charge on any atom is -0.394 e. The minimum absolute atomic E-state index is 0.0887. The van der Waals surface area contributed by atoms with Crippen LogP contribution in [0.1, 0.15) is 17.5 Å². The average Bonchev–Trinajstić information content (AvgIpc) is 2.54. The van der Waals surface area contributed by atoms with Crippen molar-refractivity contribution in [3.8, 4) is 0 Å². The zero-order valence-electron chi connectivity index (χ0n) is 13.3. The summed E-state index contributed by atoms with van der Waals surface area (Å²) >= 11 is 6.10. The van der Waals surface area contributed by atoms with E-state index in [4.69, 9.17) is 11.6 Å². The van der Waals surface area contributed by atoms with Gasteiger partial charge in [-0.25, -0.2) is 4.98 Å². The number of halogens is 1. The molecule has 4 nitrogen and oxygen atoms in total. The first kappa shape index (κ1) is 16.2. The molecule has 0 bridgehead atoms. The molecule has 0 saturated heterocycles. The molecule has 1 aromatic carbocycles. The lowest BCUT2D eigenvalue weighted by Crippen LogP contribution is -2.41. The Bertz CT molecular complexity index is 664. The van der Waals surface area contributed by atoms with E-state index in [1.807, 2.05) is 37.5 Å². The van der Waals surface area contributed by atoms with E-state index in [1.165, 1.54) is 11.1 Å². The molecule has 1 N–H and O–H groups in total. The van der Waals surface area contributed by atoms with E-state index >= 15 is 0 Å². The second-order valence-corrected chi connectivity index (χ2v) is 6.50. The summed E-state index contributed by atoms with van der Waals surface area (Å²) in [7, 11) is 2.01. The van der Waals surface area contributed by atoms with Crippen LogP contribution >= 0.6 is 11.6 Å². The van der Waals surface area contributed by atoms with Crippen molar-refractivity contribution in [3.05, 3.63) is 58.7 Å². The number of aliphatic hydroxyl groups is 1. The molecule has 0 saturated carbocycles. The molecular weight excluding hydrogens is 310 g/mol. The maximum atomic E-state index is 9.71. The van der Waals surface area contributed by atoms with Crippen LogP contribution in [0.3, 0.4) is 0 Å². The third-order valence-corrected chi connectivity index (χ3v) is 4.66. The van der Waals surface area contributed by atoms with Gasteiger partial charge in [0.2, 0.25) is 0 Å². The van der Waals surface area contributed by atoms with E-state index in [-0.39, 0.29) is 12.6 Å². The van der Waals surface area contributed by atoms with Crippen molar-refractivity contribution in [2.75, 3.05) is 25.1 Å². The summed E-state index contributed by atoms with van der Waals surface area (Å²) in [6, 6.07) is 12.2. The number of hydrogen-bond donors (Lipinski definition) is 1. The van der Waals surface area contributed by atoms with Crippen LogP contribution in [0.25, 0.3) is 0 Å². The number of nitrogens with zero attached hydrogens (tertiary/aromatic N) is 3. The zero-order chi connectivity index (χ0) is 16.2. The van der Waals surface area contributed by atoms with Crippen molar-refractivity contribution in [2.24, 2.45) is 0 Å². The summed E-state index contributed by atoms with van der Waals surface area (Å²) in [5, 5.41) is 10.5. The smallest absolute Gasteiger partial charge is 0.133 e. The lowest BCUT2D eigenvalue weighted by atomic mass is 10.1. The monoisotopic (exact) mass is 331 g/mol. The average molecular weight is 332 g/mol. The summed E-state index contributed by atoms with van der Waals surface area (Å²) in [4.78, 5) is 9.02. The number of anilines is 1. The van der Waals surface area contributed by atoms with Crippen LogP contribution in [-0.4, -0.2) is 41.2 Å². The van der Waals surface area contributed by atoms with Crippen LogP contribution < -0.4 is 4.90 Å². The first-order valence-corrected chi connectivity index (χ1v) is 8.29. The van der Waals surface area contributed by atoms with E-state index in [1.54, 1.807) is 0 Å². The van der Waals surface area contributed by atoms with Gasteiger partial charge >= 0.3 is 0 Å². The summed E-state index contributed by atoms with van der Waals surface area (Å²) in [5.41, 5.74) is 2.40. The van der Waals surface area contributed by atoms with Gasteiger partial charge in [0, 0.05) is 43.5 Å². The van der Waals surface area contributed by atoms with E-state index in [0.29, 0.717) is 0 Å². The highest BCUT2D eigenvalue weighted by molar-refractivity contribution is 6.30. The lowest BCUT2D eigenvalue weighted by Gasteiger charge is -2.35. The highest BCUT2D eigenvalue weighted by Crippen LogP contribution is 2.25. The predicted octanol–water partition coefficient (Wildman–Crippen LogP) is 2.94. The number of aromatic nitrogens is 1. The largest absolute Gasteiger partial charge is 0.394 e. The Hall–Kier alpha value is -1.62. The molecule has 1 aromatic heterocycles. The van der Waals surface area contributed by atoms with Gasteiger partial charge in [0.05, 0.1) is 12.6 Å².